The number of rotatable bonds is 1. The summed E-state index contributed by atoms with van der Waals surface area (Å²) in [5.74, 6) is -0.347. The summed E-state index contributed by atoms with van der Waals surface area (Å²) < 4.78 is 4.27. The molecule has 0 unspecified atom stereocenters. The van der Waals surface area contributed by atoms with Crippen molar-refractivity contribution in [1.82, 2.24) is 0 Å². The molecule has 0 heterocycles. The van der Waals surface area contributed by atoms with E-state index in [4.69, 9.17) is 0 Å². The van der Waals surface area contributed by atoms with Crippen LogP contribution in [0, 0.1) is 0 Å². The fourth-order valence-corrected chi connectivity index (χ4v) is 0.174. The molecule has 0 aromatic carbocycles. The maximum atomic E-state index is 10.2. The first kappa shape index (κ1) is 15.0. The molecule has 0 rings (SSSR count). The van der Waals surface area contributed by atoms with Gasteiger partial charge in [-0.2, -0.15) is 0 Å². The van der Waals surface area contributed by atoms with Crippen LogP contribution in [0.1, 0.15) is 6.92 Å². The molecule has 0 radical (unpaired) electrons. The van der Waals surface area contributed by atoms with Gasteiger partial charge in [-0.05, 0) is 6.92 Å². The second-order valence-electron chi connectivity index (χ2n) is 1.46. The van der Waals surface area contributed by atoms with Gasteiger partial charge in [0.05, 0.1) is 7.11 Å². The molecule has 0 N–H and O–H groups in total. The van der Waals surface area contributed by atoms with Crippen LogP contribution in [0.3, 0.4) is 0 Å². The third kappa shape index (κ3) is 18.5. The summed E-state index contributed by atoms with van der Waals surface area (Å²) in [4.78, 5) is 10.2. The number of methoxy groups -OCH3 is 1. The Morgan fingerprint density at radius 3 is 1.73 bits per heavy atom. The predicted molar refractivity (Wildman–Crippen MR) is 59.4 cm³/mol. The summed E-state index contributed by atoms with van der Waals surface area (Å²) in [6.07, 6.45) is 0. The van der Waals surface area contributed by atoms with Crippen LogP contribution in [-0.2, 0) is 9.53 Å². The van der Waals surface area contributed by atoms with Crippen LogP contribution in [-0.4, -0.2) is 27.8 Å². The normalized spacial score (nSPS) is 8.18. The molecule has 0 atom stereocenters. The quantitative estimate of drug-likeness (QED) is 0.286. The molecule has 2 nitrogen and oxygen atoms in total. The Balaban J connectivity index is 0. The molecule has 0 spiro atoms. The van der Waals surface area contributed by atoms with Gasteiger partial charge in [-0.3, -0.25) is 0 Å². The standard InChI is InChI=1S/C5H8O2.Bi.3BrH/c1-4(2)5(6)7-3;;;;/h1H2,2-3H3;;3*1H/q;+3;;;/p-3. The summed E-state index contributed by atoms with van der Waals surface area (Å²) in [7, 11) is 1.33. The van der Waals surface area contributed by atoms with E-state index < -0.39 is 14.7 Å². The van der Waals surface area contributed by atoms with Crippen molar-refractivity contribution in [2.24, 2.45) is 0 Å². The van der Waals surface area contributed by atoms with Crippen LogP contribution < -0.4 is 0 Å². The van der Waals surface area contributed by atoms with Crippen molar-refractivity contribution in [3.63, 3.8) is 0 Å². The van der Waals surface area contributed by atoms with Gasteiger partial charge in [0.15, 0.2) is 0 Å². The van der Waals surface area contributed by atoms with Gasteiger partial charge in [0.2, 0.25) is 0 Å². The van der Waals surface area contributed by atoms with Crippen molar-refractivity contribution in [3.05, 3.63) is 12.2 Å². The molecule has 0 saturated heterocycles. The van der Waals surface area contributed by atoms with Gasteiger partial charge in [0.25, 0.3) is 0 Å². The SMILES string of the molecule is C=C(C)C(=O)OC.[Br][Bi]([Br])[Br]. The average molecular weight is 549 g/mol. The summed E-state index contributed by atoms with van der Waals surface area (Å²) in [5.41, 5.74) is 0.433. The zero-order chi connectivity index (χ0) is 9.44. The average Bonchev–Trinajstić information content (AvgIpc) is 1.85. The molecule has 0 aromatic heterocycles. The third-order valence-corrected chi connectivity index (χ3v) is 0.534. The molecular formula is C5H8BiBr3O2. The minimum absolute atomic E-state index is 0.347. The van der Waals surface area contributed by atoms with Crippen LogP contribution in [0.5, 0.6) is 0 Å². The Hall–Kier alpha value is 1.53. The summed E-state index contributed by atoms with van der Waals surface area (Å²) in [5, 5.41) is 0. The van der Waals surface area contributed by atoms with Gasteiger partial charge in [-0.1, -0.05) is 6.58 Å². The molecule has 6 heteroatoms. The Labute approximate surface area is 91.8 Å². The number of hydrogen-bond acceptors (Lipinski definition) is 2. The first-order chi connectivity index (χ1) is 4.91. The van der Waals surface area contributed by atoms with Gasteiger partial charge in [0.1, 0.15) is 0 Å². The molecule has 0 amide bonds. The van der Waals surface area contributed by atoms with E-state index in [1.807, 2.05) is 0 Å². The molecule has 0 fully saturated rings. The van der Waals surface area contributed by atoms with Gasteiger partial charge in [0, 0.05) is 5.57 Å². The van der Waals surface area contributed by atoms with Gasteiger partial charge in [-0.25, -0.2) is 4.79 Å². The Bertz CT molecular complexity index is 135. The predicted octanol–water partition coefficient (Wildman–Crippen LogP) is 2.89. The van der Waals surface area contributed by atoms with E-state index in [0.29, 0.717) is 5.57 Å². The van der Waals surface area contributed by atoms with Crippen LogP contribution in [0.2, 0.25) is 0 Å². The fourth-order valence-electron chi connectivity index (χ4n) is 0.174. The summed E-state index contributed by atoms with van der Waals surface area (Å²) in [6, 6.07) is 0. The molecule has 0 aromatic rings. The molecule has 0 aliphatic heterocycles. The van der Waals surface area contributed by atoms with Crippen LogP contribution in [0.25, 0.3) is 0 Å². The zero-order valence-electron chi connectivity index (χ0n) is 6.10. The first-order valence-corrected chi connectivity index (χ1v) is 25.0. The van der Waals surface area contributed by atoms with E-state index in [1.54, 1.807) is 6.92 Å². The second-order valence-corrected chi connectivity index (χ2v) is 46.7. The molecule has 0 aliphatic carbocycles. The monoisotopic (exact) mass is 546 g/mol. The molecule has 0 aliphatic rings. The van der Waals surface area contributed by atoms with E-state index in [9.17, 15) is 4.79 Å². The minimum atomic E-state index is -1.16. The number of halogens is 3. The molecular weight excluding hydrogens is 541 g/mol. The van der Waals surface area contributed by atoms with Gasteiger partial charge >= 0.3 is 57.3 Å². The molecule has 66 valence electrons. The number of esters is 1. The topological polar surface area (TPSA) is 26.3 Å². The van der Waals surface area contributed by atoms with E-state index in [1.165, 1.54) is 7.11 Å². The van der Waals surface area contributed by atoms with E-state index >= 15 is 0 Å². The van der Waals surface area contributed by atoms with E-state index in [0.717, 1.165) is 0 Å². The third-order valence-electron chi connectivity index (χ3n) is 0.534. The maximum absolute atomic E-state index is 10.2. The van der Waals surface area contributed by atoms with Crippen LogP contribution in [0.15, 0.2) is 12.2 Å². The number of hydrogen-bond donors (Lipinski definition) is 0. The Kier molecular flexibility index (Phi) is 13.1. The van der Waals surface area contributed by atoms with Crippen LogP contribution in [0.4, 0.5) is 0 Å². The van der Waals surface area contributed by atoms with Gasteiger partial charge in [-0.15, -0.1) is 0 Å². The van der Waals surface area contributed by atoms with Crippen molar-refractivity contribution < 1.29 is 9.53 Å². The second kappa shape index (κ2) is 9.62. The Morgan fingerprint density at radius 2 is 1.73 bits per heavy atom. The zero-order valence-corrected chi connectivity index (χ0v) is 14.3. The number of ether oxygens (including phenoxy) is 1. The van der Waals surface area contributed by atoms with Crippen molar-refractivity contribution in [2.45, 2.75) is 6.92 Å². The Morgan fingerprint density at radius 1 is 1.45 bits per heavy atom. The number of carbonyl (C=O) groups is 1. The first-order valence-electron chi connectivity index (χ1n) is 2.43. The van der Waals surface area contributed by atoms with Crippen molar-refractivity contribution in [3.8, 4) is 0 Å². The fraction of sp³-hybridized carbons (Fsp3) is 0.400. The van der Waals surface area contributed by atoms with E-state index in [2.05, 4.69) is 48.0 Å². The summed E-state index contributed by atoms with van der Waals surface area (Å²) >= 11 is 8.77. The molecule has 0 bridgehead atoms. The van der Waals surface area contributed by atoms with Crippen molar-refractivity contribution in [1.29, 1.82) is 0 Å². The summed E-state index contributed by atoms with van der Waals surface area (Å²) in [6.45, 7) is 4.95. The number of carbonyl (C=O) groups excluding carboxylic acids is 1. The van der Waals surface area contributed by atoms with Crippen molar-refractivity contribution >= 4 is 57.3 Å². The van der Waals surface area contributed by atoms with E-state index in [-0.39, 0.29) is 5.97 Å². The van der Waals surface area contributed by atoms with Crippen LogP contribution >= 0.6 is 36.7 Å². The van der Waals surface area contributed by atoms with Crippen molar-refractivity contribution in [2.75, 3.05) is 7.11 Å². The van der Waals surface area contributed by atoms with Gasteiger partial charge < -0.3 is 4.74 Å². The molecule has 11 heavy (non-hydrogen) atoms. The molecule has 0 saturated carbocycles.